The first-order chi connectivity index (χ1) is 9.91. The number of halogens is 4. The van der Waals surface area contributed by atoms with Gasteiger partial charge in [0.05, 0.1) is 5.69 Å². The van der Waals surface area contributed by atoms with Crippen molar-refractivity contribution in [1.82, 2.24) is 12.7 Å². The van der Waals surface area contributed by atoms with Crippen molar-refractivity contribution < 1.29 is 0 Å². The van der Waals surface area contributed by atoms with E-state index in [0.29, 0.717) is 5.69 Å². The minimum absolute atomic E-state index is 0.419. The Balaban J connectivity index is 2.65. The third-order valence-electron chi connectivity index (χ3n) is 2.25. The van der Waals surface area contributed by atoms with Crippen LogP contribution in [0, 0.1) is 0 Å². The molecular formula is C10H7Cl4N3O2S2. The number of alkyl halides is 4. The van der Waals surface area contributed by atoms with E-state index in [4.69, 9.17) is 46.4 Å². The largest absolute Gasteiger partial charge is 0.363 e. The maximum Gasteiger partial charge on any atom is 0.363 e. The maximum absolute atomic E-state index is 12.4. The van der Waals surface area contributed by atoms with E-state index in [0.717, 1.165) is 36.6 Å². The second kappa shape index (κ2) is 7.39. The third kappa shape index (κ3) is 3.97. The highest BCUT2D eigenvalue weighted by Crippen LogP contribution is 2.24. The summed E-state index contributed by atoms with van der Waals surface area (Å²) in [6.07, 6.45) is 0. The highest BCUT2D eigenvalue weighted by molar-refractivity contribution is 8.03. The van der Waals surface area contributed by atoms with Crippen LogP contribution in [0.25, 0.3) is 5.69 Å². The van der Waals surface area contributed by atoms with E-state index < -0.39 is 19.7 Å². The molecule has 0 spiro atoms. The molecule has 0 saturated heterocycles. The van der Waals surface area contributed by atoms with Crippen molar-refractivity contribution >= 4 is 70.3 Å². The van der Waals surface area contributed by atoms with Crippen LogP contribution in [0.4, 0.5) is 0 Å². The summed E-state index contributed by atoms with van der Waals surface area (Å²) in [5.74, 6) is 0. The zero-order chi connectivity index (χ0) is 15.6. The Kier molecular flexibility index (Phi) is 6.05. The van der Waals surface area contributed by atoms with E-state index >= 15 is 0 Å². The second-order valence-electron chi connectivity index (χ2n) is 3.51. The Morgan fingerprint density at radius 2 is 1.24 bits per heavy atom. The molecule has 0 aliphatic heterocycles. The number of hydrogen-bond donors (Lipinski definition) is 0. The van der Waals surface area contributed by atoms with Crippen molar-refractivity contribution in [2.24, 2.45) is 0 Å². The molecule has 0 aliphatic carbocycles. The predicted molar refractivity (Wildman–Crippen MR) is 91.3 cm³/mol. The van der Waals surface area contributed by atoms with Crippen molar-refractivity contribution in [1.29, 1.82) is 0 Å². The van der Waals surface area contributed by atoms with Gasteiger partial charge in [-0.05, 0) is 12.1 Å². The topological polar surface area (TPSA) is 48.9 Å². The van der Waals surface area contributed by atoms with Crippen LogP contribution in [0.3, 0.4) is 0 Å². The maximum atomic E-state index is 12.4. The van der Waals surface area contributed by atoms with Gasteiger partial charge in [0.1, 0.15) is 0 Å². The van der Waals surface area contributed by atoms with Crippen LogP contribution in [-0.4, -0.2) is 21.1 Å². The zero-order valence-electron chi connectivity index (χ0n) is 10.0. The molecule has 2 rings (SSSR count). The molecule has 0 saturated carbocycles. The molecule has 0 fully saturated rings. The Morgan fingerprint density at radius 3 is 1.62 bits per heavy atom. The number of para-hydroxylation sites is 1. The number of rotatable bonds is 5. The van der Waals surface area contributed by atoms with Crippen molar-refractivity contribution in [3.8, 4) is 5.69 Å². The molecule has 5 nitrogen and oxygen atoms in total. The van der Waals surface area contributed by atoms with Crippen LogP contribution >= 0.6 is 70.3 Å². The monoisotopic (exact) mass is 405 g/mol. The van der Waals surface area contributed by atoms with Crippen molar-refractivity contribution in [2.45, 2.75) is 8.34 Å². The van der Waals surface area contributed by atoms with Gasteiger partial charge in [-0.1, -0.05) is 64.6 Å². The van der Waals surface area contributed by atoms with Gasteiger partial charge in [0.2, 0.25) is 0 Å². The molecule has 21 heavy (non-hydrogen) atoms. The Morgan fingerprint density at radius 1 is 0.810 bits per heavy atom. The van der Waals surface area contributed by atoms with Crippen molar-refractivity contribution in [3.05, 3.63) is 51.3 Å². The van der Waals surface area contributed by atoms with Crippen LogP contribution in [-0.2, 0) is 0 Å². The van der Waals surface area contributed by atoms with Gasteiger partial charge < -0.3 is 0 Å². The summed E-state index contributed by atoms with van der Waals surface area (Å²) in [5.41, 5.74) is -0.796. The van der Waals surface area contributed by atoms with E-state index in [1.54, 1.807) is 30.3 Å². The number of hydrogen-bond acceptors (Lipinski definition) is 4. The highest BCUT2D eigenvalue weighted by atomic mass is 35.5. The average molecular weight is 407 g/mol. The fourth-order valence-electron chi connectivity index (χ4n) is 1.53. The van der Waals surface area contributed by atoms with E-state index in [2.05, 4.69) is 0 Å². The molecule has 0 aliphatic rings. The molecule has 114 valence electrons. The quantitative estimate of drug-likeness (QED) is 0.714. The van der Waals surface area contributed by atoms with Gasteiger partial charge in [0, 0.05) is 23.9 Å². The fourth-order valence-corrected chi connectivity index (χ4v) is 3.63. The van der Waals surface area contributed by atoms with Crippen LogP contribution in [0.15, 0.2) is 39.9 Å². The summed E-state index contributed by atoms with van der Waals surface area (Å²) >= 11 is 24.2. The lowest BCUT2D eigenvalue weighted by molar-refractivity contribution is 0.890. The summed E-state index contributed by atoms with van der Waals surface area (Å²) in [5, 5.41) is 0. The smallest absolute Gasteiger partial charge is 0.244 e. The molecule has 1 aromatic heterocycles. The molecule has 0 N–H and O–H groups in total. The zero-order valence-corrected chi connectivity index (χ0v) is 14.7. The van der Waals surface area contributed by atoms with Crippen LogP contribution in [0.1, 0.15) is 0 Å². The minimum Gasteiger partial charge on any atom is -0.244 e. The van der Waals surface area contributed by atoms with Gasteiger partial charge >= 0.3 is 11.4 Å². The number of aromatic nitrogens is 3. The standard InChI is InChI=1S/C10H7Cl4N3O2S2/c11-7(12)20-16-9(18)15(6-4-2-1-3-5-6)10(19)17(16)21-8(13)14/h1-5,7-8H. The normalized spacial score (nSPS) is 11.5. The Labute approximate surface area is 148 Å². The summed E-state index contributed by atoms with van der Waals surface area (Å²) in [4.78, 5) is 24.8. The molecule has 0 atom stereocenters. The lowest BCUT2D eigenvalue weighted by Crippen LogP contribution is -2.26. The van der Waals surface area contributed by atoms with Gasteiger partial charge in [-0.15, -0.1) is 0 Å². The molecule has 1 heterocycles. The molecule has 11 heteroatoms. The van der Waals surface area contributed by atoms with E-state index in [-0.39, 0.29) is 0 Å². The van der Waals surface area contributed by atoms with Gasteiger partial charge in [0.15, 0.2) is 8.34 Å². The predicted octanol–water partition coefficient (Wildman–Crippen LogP) is 3.32. The molecule has 0 radical (unpaired) electrons. The number of nitrogens with zero attached hydrogens (tertiary/aromatic N) is 3. The fraction of sp³-hybridized carbons (Fsp3) is 0.200. The molecule has 2 aromatic rings. The first-order valence-electron chi connectivity index (χ1n) is 5.35. The van der Waals surface area contributed by atoms with E-state index in [1.165, 1.54) is 0 Å². The highest BCUT2D eigenvalue weighted by Gasteiger charge is 2.21. The summed E-state index contributed by atoms with van der Waals surface area (Å²) < 4.78 is 1.13. The van der Waals surface area contributed by atoms with Crippen LogP contribution < -0.4 is 11.4 Å². The molecule has 0 amide bonds. The van der Waals surface area contributed by atoms with Gasteiger partial charge in [-0.3, -0.25) is 0 Å². The lowest BCUT2D eigenvalue weighted by Gasteiger charge is -2.07. The summed E-state index contributed by atoms with van der Waals surface area (Å²) in [6.45, 7) is 0. The summed E-state index contributed by atoms with van der Waals surface area (Å²) in [7, 11) is 0. The lowest BCUT2D eigenvalue weighted by atomic mass is 10.3. The van der Waals surface area contributed by atoms with Gasteiger partial charge in [-0.25, -0.2) is 14.2 Å². The Bertz CT molecular complexity index is 685. The second-order valence-corrected chi connectivity index (χ2v) is 8.80. The average Bonchev–Trinajstić information content (AvgIpc) is 2.63. The molecule has 0 unspecified atom stereocenters. The first-order valence-corrected chi connectivity index (χ1v) is 8.77. The van der Waals surface area contributed by atoms with E-state index in [9.17, 15) is 9.59 Å². The van der Waals surface area contributed by atoms with Gasteiger partial charge in [-0.2, -0.15) is 8.17 Å². The minimum atomic E-state index is -0.940. The van der Waals surface area contributed by atoms with Crippen molar-refractivity contribution in [3.63, 3.8) is 0 Å². The van der Waals surface area contributed by atoms with Crippen molar-refractivity contribution in [2.75, 3.05) is 0 Å². The molecule has 0 bridgehead atoms. The van der Waals surface area contributed by atoms with Gasteiger partial charge in [0.25, 0.3) is 0 Å². The molecule has 1 aromatic carbocycles. The first kappa shape index (κ1) is 17.2. The van der Waals surface area contributed by atoms with Crippen LogP contribution in [0.2, 0.25) is 0 Å². The Hall–Kier alpha value is -0.180. The molecular weight excluding hydrogens is 400 g/mol. The third-order valence-corrected chi connectivity index (χ3v) is 4.66. The summed E-state index contributed by atoms with van der Waals surface area (Å²) in [6, 6.07) is 8.45. The van der Waals surface area contributed by atoms with E-state index in [1.807, 2.05) is 0 Å². The number of benzene rings is 1. The SMILES string of the molecule is O=c1n(-c2ccccc2)c(=O)n(SC(Cl)Cl)n1SC(Cl)Cl. The van der Waals surface area contributed by atoms with Crippen LogP contribution in [0.5, 0.6) is 0 Å².